The lowest BCUT2D eigenvalue weighted by Crippen LogP contribution is -2.37. The van der Waals surface area contributed by atoms with Gasteiger partial charge in [0.1, 0.15) is 0 Å². The Morgan fingerprint density at radius 2 is 2.07 bits per heavy atom. The van der Waals surface area contributed by atoms with Crippen molar-refractivity contribution in [3.05, 3.63) is 36.2 Å². The van der Waals surface area contributed by atoms with Crippen LogP contribution < -0.4 is 16.6 Å². The summed E-state index contributed by atoms with van der Waals surface area (Å²) >= 11 is 0. The van der Waals surface area contributed by atoms with Crippen LogP contribution in [0.4, 0.5) is 10.2 Å². The van der Waals surface area contributed by atoms with Gasteiger partial charge in [-0.15, -0.1) is 0 Å². The number of aromatic nitrogens is 2. The highest BCUT2D eigenvalue weighted by atomic mass is 19.1. The van der Waals surface area contributed by atoms with Gasteiger partial charge in [0.25, 0.3) is 11.7 Å². The second-order valence-corrected chi connectivity index (χ2v) is 7.76. The molecule has 158 valence electrons. The van der Waals surface area contributed by atoms with Crippen LogP contribution in [0.1, 0.15) is 23.2 Å². The first-order chi connectivity index (χ1) is 14.4. The van der Waals surface area contributed by atoms with Gasteiger partial charge >= 0.3 is 0 Å². The number of pyridine rings is 1. The number of fused-ring (bicyclic) bond motifs is 1. The molecule has 2 aromatic heterocycles. The molecule has 11 heteroatoms. The van der Waals surface area contributed by atoms with Crippen molar-refractivity contribution in [1.29, 1.82) is 0 Å². The predicted molar refractivity (Wildman–Crippen MR) is 106 cm³/mol. The van der Waals surface area contributed by atoms with Gasteiger partial charge in [-0.1, -0.05) is 0 Å². The van der Waals surface area contributed by atoms with Crippen molar-refractivity contribution in [3.63, 3.8) is 0 Å². The number of likely N-dealkylation sites (tertiary alicyclic amines) is 2. The number of hydrogen-bond donors (Lipinski definition) is 3. The quantitative estimate of drug-likeness (QED) is 0.206. The fraction of sp³-hybridized carbons (Fsp3) is 0.368. The average molecular weight is 415 g/mol. The van der Waals surface area contributed by atoms with Crippen molar-refractivity contribution in [2.45, 2.75) is 12.8 Å². The zero-order valence-corrected chi connectivity index (χ0v) is 16.2. The van der Waals surface area contributed by atoms with E-state index in [1.165, 1.54) is 23.5 Å². The molecule has 2 saturated heterocycles. The minimum Gasteiger partial charge on any atom is -0.403 e. The summed E-state index contributed by atoms with van der Waals surface area (Å²) in [4.78, 5) is 46.8. The molecule has 1 spiro atoms. The van der Waals surface area contributed by atoms with Crippen molar-refractivity contribution in [2.24, 2.45) is 17.0 Å². The van der Waals surface area contributed by atoms with E-state index in [-0.39, 0.29) is 27.7 Å². The molecule has 2 aliphatic rings. The number of anilines is 1. The summed E-state index contributed by atoms with van der Waals surface area (Å²) < 4.78 is 14.5. The number of Topliss-reactive ketones (excluding diaryl/α,β-unsaturated/α-hetero) is 1. The molecule has 2 amide bonds. The van der Waals surface area contributed by atoms with E-state index >= 15 is 0 Å². The van der Waals surface area contributed by atoms with E-state index in [0.717, 1.165) is 30.5 Å². The van der Waals surface area contributed by atoms with Crippen molar-refractivity contribution >= 4 is 34.8 Å². The molecular formula is C19H22FN7O3. The minimum atomic E-state index is -0.808. The van der Waals surface area contributed by atoms with Gasteiger partial charge in [-0.2, -0.15) is 0 Å². The molecule has 4 heterocycles. The molecule has 4 rings (SSSR count). The van der Waals surface area contributed by atoms with Crippen LogP contribution in [0.25, 0.3) is 10.9 Å². The second kappa shape index (κ2) is 7.41. The first-order valence-electron chi connectivity index (χ1n) is 9.50. The summed E-state index contributed by atoms with van der Waals surface area (Å²) in [6.07, 6.45) is 7.06. The summed E-state index contributed by atoms with van der Waals surface area (Å²) in [6.45, 7) is 2.05. The van der Waals surface area contributed by atoms with E-state index in [1.807, 2.05) is 0 Å². The highest BCUT2D eigenvalue weighted by molar-refractivity contribution is 6.45. The Labute approximate surface area is 171 Å². The average Bonchev–Trinajstić information content (AvgIpc) is 3.46. The standard InChI is InChI=1S/C19H22FN7O3/c20-13-8-24-17(27(22)6-3-21)15-14(13)12(7-23-15)16(29)18(30)26-5-2-19(10-26)1-4-25(9-19)11-28/h3,6-8,11,23H,1-2,4-5,9-10,21-22H2/b6-3-. The van der Waals surface area contributed by atoms with Crippen molar-refractivity contribution in [2.75, 3.05) is 31.2 Å². The molecule has 2 aliphatic heterocycles. The Morgan fingerprint density at radius 1 is 1.30 bits per heavy atom. The summed E-state index contributed by atoms with van der Waals surface area (Å²) in [5.41, 5.74) is 5.26. The van der Waals surface area contributed by atoms with Crippen LogP contribution in [0.2, 0.25) is 0 Å². The number of nitrogens with two attached hydrogens (primary N) is 2. The molecule has 2 aromatic rings. The van der Waals surface area contributed by atoms with Crippen molar-refractivity contribution < 1.29 is 18.8 Å². The molecule has 30 heavy (non-hydrogen) atoms. The molecule has 10 nitrogen and oxygen atoms in total. The Hall–Kier alpha value is -3.47. The van der Waals surface area contributed by atoms with Gasteiger partial charge in [-0.25, -0.2) is 15.2 Å². The number of nitrogens with one attached hydrogen (secondary N) is 1. The van der Waals surface area contributed by atoms with Gasteiger partial charge in [0.2, 0.25) is 6.41 Å². The molecule has 0 aliphatic carbocycles. The van der Waals surface area contributed by atoms with Gasteiger partial charge in [-0.3, -0.25) is 19.4 Å². The first kappa shape index (κ1) is 19.8. The number of carbonyl (C=O) groups excluding carboxylic acids is 3. The van der Waals surface area contributed by atoms with E-state index in [1.54, 1.807) is 4.90 Å². The largest absolute Gasteiger partial charge is 0.403 e. The van der Waals surface area contributed by atoms with Gasteiger partial charge < -0.3 is 20.5 Å². The lowest BCUT2D eigenvalue weighted by molar-refractivity contribution is -0.125. The van der Waals surface area contributed by atoms with Crippen molar-refractivity contribution in [1.82, 2.24) is 19.8 Å². The lowest BCUT2D eigenvalue weighted by atomic mass is 9.86. The van der Waals surface area contributed by atoms with Gasteiger partial charge in [0.15, 0.2) is 11.6 Å². The third-order valence-electron chi connectivity index (χ3n) is 5.92. The topological polar surface area (TPSA) is 142 Å². The monoisotopic (exact) mass is 415 g/mol. The number of hydrogen-bond acceptors (Lipinski definition) is 7. The van der Waals surface area contributed by atoms with E-state index in [0.29, 0.717) is 26.2 Å². The summed E-state index contributed by atoms with van der Waals surface area (Å²) in [5.74, 6) is 3.74. The molecule has 0 radical (unpaired) electrons. The maximum absolute atomic E-state index is 14.5. The zero-order chi connectivity index (χ0) is 21.5. The van der Waals surface area contributed by atoms with E-state index < -0.39 is 17.5 Å². The summed E-state index contributed by atoms with van der Waals surface area (Å²) in [5, 5.41) is 1.03. The Balaban J connectivity index is 1.60. The van der Waals surface area contributed by atoms with Crippen molar-refractivity contribution in [3.8, 4) is 0 Å². The fourth-order valence-corrected chi connectivity index (χ4v) is 4.39. The molecule has 0 bridgehead atoms. The van der Waals surface area contributed by atoms with Crippen LogP contribution in [0, 0.1) is 11.2 Å². The number of hydrazine groups is 1. The normalized spacial score (nSPS) is 21.3. The van der Waals surface area contributed by atoms with Gasteiger partial charge in [0, 0.05) is 50.2 Å². The van der Waals surface area contributed by atoms with Crippen LogP contribution in [-0.2, 0) is 9.59 Å². The highest BCUT2D eigenvalue weighted by Crippen LogP contribution is 2.39. The number of nitrogens with zero attached hydrogens (tertiary/aromatic N) is 4. The molecular weight excluding hydrogens is 393 g/mol. The number of amides is 2. The number of H-pyrrole nitrogens is 1. The maximum atomic E-state index is 14.5. The second-order valence-electron chi connectivity index (χ2n) is 7.76. The molecule has 1 unspecified atom stereocenters. The number of ketones is 1. The molecule has 1 atom stereocenters. The number of carbonyl (C=O) groups is 3. The smallest absolute Gasteiger partial charge is 0.295 e. The predicted octanol–water partition coefficient (Wildman–Crippen LogP) is 0.0755. The Bertz CT molecular complexity index is 1050. The summed E-state index contributed by atoms with van der Waals surface area (Å²) in [6, 6.07) is 0. The third-order valence-corrected chi connectivity index (χ3v) is 5.92. The van der Waals surface area contributed by atoms with Crippen LogP contribution in [-0.4, -0.2) is 64.0 Å². The Kier molecular flexibility index (Phi) is 4.90. The molecule has 0 saturated carbocycles. The third kappa shape index (κ3) is 3.16. The van der Waals surface area contributed by atoms with Crippen LogP contribution in [0.15, 0.2) is 24.8 Å². The molecule has 2 fully saturated rings. The molecule has 0 aromatic carbocycles. The lowest BCUT2D eigenvalue weighted by Gasteiger charge is -2.23. The summed E-state index contributed by atoms with van der Waals surface area (Å²) in [7, 11) is 0. The van der Waals surface area contributed by atoms with E-state index in [9.17, 15) is 18.8 Å². The van der Waals surface area contributed by atoms with E-state index in [4.69, 9.17) is 11.6 Å². The van der Waals surface area contributed by atoms with E-state index in [2.05, 4.69) is 9.97 Å². The Morgan fingerprint density at radius 3 is 2.77 bits per heavy atom. The number of aromatic amines is 1. The van der Waals surface area contributed by atoms with Gasteiger partial charge in [0.05, 0.1) is 22.7 Å². The van der Waals surface area contributed by atoms with Crippen LogP contribution >= 0.6 is 0 Å². The number of rotatable bonds is 5. The van der Waals surface area contributed by atoms with Crippen LogP contribution in [0.3, 0.4) is 0 Å². The zero-order valence-electron chi connectivity index (χ0n) is 16.2. The first-order valence-corrected chi connectivity index (χ1v) is 9.50. The van der Waals surface area contributed by atoms with Gasteiger partial charge in [-0.05, 0) is 12.8 Å². The molecule has 5 N–H and O–H groups in total. The highest BCUT2D eigenvalue weighted by Gasteiger charge is 2.45. The minimum absolute atomic E-state index is 0.0545. The maximum Gasteiger partial charge on any atom is 0.295 e. The van der Waals surface area contributed by atoms with Crippen LogP contribution in [0.5, 0.6) is 0 Å². The number of halogens is 1. The fourth-order valence-electron chi connectivity index (χ4n) is 4.39. The SMILES string of the molecule is N/C=C\N(N)c1ncc(F)c2c(C(=O)C(=O)N3CCC4(CCN(C=O)C4)C3)c[nH]c12.